The molecule has 0 unspecified atom stereocenters. The molecule has 0 aliphatic carbocycles. The van der Waals surface area contributed by atoms with Crippen molar-refractivity contribution in [2.45, 2.75) is 40.7 Å². The fourth-order valence-corrected chi connectivity index (χ4v) is 5.21. The number of hydrogen-bond donors (Lipinski definition) is 2. The Kier molecular flexibility index (Phi) is 5.10. The molecule has 1 atom stereocenters. The predicted octanol–water partition coefficient (Wildman–Crippen LogP) is 3.63. The van der Waals surface area contributed by atoms with E-state index in [9.17, 15) is 9.59 Å². The number of carbonyl (C=O) groups is 2. The average Bonchev–Trinajstić information content (AvgIpc) is 3.27. The van der Waals surface area contributed by atoms with Crippen LogP contribution in [-0.2, 0) is 4.74 Å². The van der Waals surface area contributed by atoms with Crippen LogP contribution < -0.4 is 5.32 Å². The summed E-state index contributed by atoms with van der Waals surface area (Å²) in [6, 6.07) is 1.97. The number of carbonyl (C=O) groups excluding carboxylic acids is 2. The highest BCUT2D eigenvalue weighted by atomic mass is 32.1. The van der Waals surface area contributed by atoms with E-state index in [0.29, 0.717) is 22.4 Å². The highest BCUT2D eigenvalue weighted by Gasteiger charge is 2.51. The number of amides is 2. The van der Waals surface area contributed by atoms with E-state index in [1.807, 2.05) is 24.8 Å². The minimum absolute atomic E-state index is 0.00764. The Balaban J connectivity index is 1.39. The molecule has 3 aromatic rings. The third kappa shape index (κ3) is 3.83. The van der Waals surface area contributed by atoms with E-state index in [2.05, 4.69) is 36.1 Å². The molecule has 2 saturated heterocycles. The SMILES string of the molecule is Cc1cc(-c2cnc3[nH]cc(C(=O)N[C@@H](C)C(C)(C)C)c3n2)sc1C(=O)N1CC2(COC2)C1. The molecule has 2 fully saturated rings. The Morgan fingerprint density at radius 3 is 2.67 bits per heavy atom. The second-order valence-corrected chi connectivity index (χ2v) is 11.5. The average molecular weight is 468 g/mol. The number of rotatable bonds is 4. The second-order valence-electron chi connectivity index (χ2n) is 10.5. The zero-order valence-corrected chi connectivity index (χ0v) is 20.4. The molecule has 0 radical (unpaired) electrons. The molecule has 174 valence electrons. The van der Waals surface area contributed by atoms with Crippen molar-refractivity contribution in [1.82, 2.24) is 25.2 Å². The van der Waals surface area contributed by atoms with Crippen molar-refractivity contribution in [3.05, 3.63) is 34.5 Å². The first-order chi connectivity index (χ1) is 15.6. The van der Waals surface area contributed by atoms with Gasteiger partial charge < -0.3 is 19.9 Å². The fourth-order valence-electron chi connectivity index (χ4n) is 4.12. The Labute approximate surface area is 196 Å². The zero-order valence-electron chi connectivity index (χ0n) is 19.6. The lowest BCUT2D eigenvalue weighted by atomic mass is 9.78. The van der Waals surface area contributed by atoms with E-state index < -0.39 is 0 Å². The number of hydrogen-bond acceptors (Lipinski definition) is 6. The summed E-state index contributed by atoms with van der Waals surface area (Å²) in [5, 5.41) is 3.06. The standard InChI is InChI=1S/C24H29N5O3S/c1-13-6-17(33-19(13)22(31)29-9-24(10-29)11-32-12-24)16-8-26-20-18(28-16)15(7-25-20)21(30)27-14(2)23(3,4)5/h6-8,14H,9-12H2,1-5H3,(H,25,26)(H,27,30)/t14-/m0/s1. The maximum atomic E-state index is 13.0. The second kappa shape index (κ2) is 7.63. The van der Waals surface area contributed by atoms with Crippen LogP contribution in [0.2, 0.25) is 0 Å². The topological polar surface area (TPSA) is 100 Å². The van der Waals surface area contributed by atoms with Crippen molar-refractivity contribution in [3.8, 4) is 10.6 Å². The smallest absolute Gasteiger partial charge is 0.264 e. The number of thiophene rings is 1. The van der Waals surface area contributed by atoms with Crippen LogP contribution in [0.1, 0.15) is 53.3 Å². The normalized spacial score (nSPS) is 18.2. The number of aromatic nitrogens is 3. The van der Waals surface area contributed by atoms with Gasteiger partial charge in [0.2, 0.25) is 0 Å². The van der Waals surface area contributed by atoms with Gasteiger partial charge in [0.1, 0.15) is 5.52 Å². The van der Waals surface area contributed by atoms with E-state index in [1.165, 1.54) is 11.3 Å². The van der Waals surface area contributed by atoms with Gasteiger partial charge in [-0.05, 0) is 30.9 Å². The van der Waals surface area contributed by atoms with Crippen LogP contribution in [-0.4, -0.2) is 64.0 Å². The van der Waals surface area contributed by atoms with Crippen LogP contribution in [0, 0.1) is 17.8 Å². The number of likely N-dealkylation sites (tertiary alicyclic amines) is 1. The predicted molar refractivity (Wildman–Crippen MR) is 127 cm³/mol. The summed E-state index contributed by atoms with van der Waals surface area (Å²) in [7, 11) is 0. The van der Waals surface area contributed by atoms with E-state index >= 15 is 0 Å². The van der Waals surface area contributed by atoms with Gasteiger partial charge in [-0.15, -0.1) is 11.3 Å². The molecule has 9 heteroatoms. The first-order valence-electron chi connectivity index (χ1n) is 11.2. The van der Waals surface area contributed by atoms with Gasteiger partial charge in [-0.1, -0.05) is 20.8 Å². The first kappa shape index (κ1) is 22.0. The molecular weight excluding hydrogens is 438 g/mol. The van der Waals surface area contributed by atoms with Gasteiger partial charge in [0, 0.05) is 25.3 Å². The zero-order chi connectivity index (χ0) is 23.5. The summed E-state index contributed by atoms with van der Waals surface area (Å²) >= 11 is 1.43. The van der Waals surface area contributed by atoms with Crippen LogP contribution >= 0.6 is 11.3 Å². The van der Waals surface area contributed by atoms with Crippen molar-refractivity contribution in [2.75, 3.05) is 26.3 Å². The van der Waals surface area contributed by atoms with E-state index in [-0.39, 0.29) is 28.7 Å². The van der Waals surface area contributed by atoms with Crippen LogP contribution in [0.25, 0.3) is 21.7 Å². The van der Waals surface area contributed by atoms with E-state index in [0.717, 1.165) is 41.6 Å². The summed E-state index contributed by atoms with van der Waals surface area (Å²) < 4.78 is 5.31. The number of fused-ring (bicyclic) bond motifs is 1. The Morgan fingerprint density at radius 2 is 2.03 bits per heavy atom. The summed E-state index contributed by atoms with van der Waals surface area (Å²) in [5.74, 6) is -0.117. The highest BCUT2D eigenvalue weighted by Crippen LogP contribution is 2.40. The van der Waals surface area contributed by atoms with Crippen LogP contribution in [0.15, 0.2) is 18.5 Å². The Morgan fingerprint density at radius 1 is 1.30 bits per heavy atom. The molecule has 0 bridgehead atoms. The molecular formula is C24H29N5O3S. The Hall–Kier alpha value is -2.78. The van der Waals surface area contributed by atoms with Gasteiger partial charge >= 0.3 is 0 Å². The molecule has 0 saturated carbocycles. The lowest BCUT2D eigenvalue weighted by Gasteiger charge is -2.54. The molecule has 8 nitrogen and oxygen atoms in total. The van der Waals surface area contributed by atoms with Crippen molar-refractivity contribution in [3.63, 3.8) is 0 Å². The molecule has 3 aromatic heterocycles. The van der Waals surface area contributed by atoms with Crippen LogP contribution in [0.5, 0.6) is 0 Å². The molecule has 1 spiro atoms. The number of ether oxygens (including phenoxy) is 1. The summed E-state index contributed by atoms with van der Waals surface area (Å²) in [6.07, 6.45) is 3.33. The third-order valence-electron chi connectivity index (χ3n) is 6.79. The molecule has 2 aliphatic heterocycles. The van der Waals surface area contributed by atoms with Crippen molar-refractivity contribution in [2.24, 2.45) is 10.8 Å². The quantitative estimate of drug-likeness (QED) is 0.610. The summed E-state index contributed by atoms with van der Waals surface area (Å²) in [5.41, 5.74) is 3.27. The molecule has 2 amide bonds. The first-order valence-corrected chi connectivity index (χ1v) is 12.0. The number of H-pyrrole nitrogens is 1. The van der Waals surface area contributed by atoms with E-state index in [4.69, 9.17) is 9.72 Å². The maximum absolute atomic E-state index is 13.0. The molecule has 5 rings (SSSR count). The summed E-state index contributed by atoms with van der Waals surface area (Å²) in [4.78, 5) is 41.7. The molecule has 33 heavy (non-hydrogen) atoms. The third-order valence-corrected chi connectivity index (χ3v) is 8.04. The van der Waals surface area contributed by atoms with Crippen molar-refractivity contribution >= 4 is 34.3 Å². The van der Waals surface area contributed by atoms with Crippen LogP contribution in [0.3, 0.4) is 0 Å². The minimum Gasteiger partial charge on any atom is -0.380 e. The van der Waals surface area contributed by atoms with Crippen molar-refractivity contribution < 1.29 is 14.3 Å². The lowest BCUT2D eigenvalue weighted by Crippen LogP contribution is -2.67. The molecule has 0 aromatic carbocycles. The monoisotopic (exact) mass is 467 g/mol. The van der Waals surface area contributed by atoms with Crippen molar-refractivity contribution in [1.29, 1.82) is 0 Å². The van der Waals surface area contributed by atoms with Gasteiger partial charge in [-0.25, -0.2) is 9.97 Å². The molecule has 2 aliphatic rings. The molecule has 5 heterocycles. The lowest BCUT2D eigenvalue weighted by molar-refractivity contribution is -0.176. The van der Waals surface area contributed by atoms with Gasteiger partial charge in [0.25, 0.3) is 11.8 Å². The van der Waals surface area contributed by atoms with E-state index in [1.54, 1.807) is 12.4 Å². The number of aryl methyl sites for hydroxylation is 1. The number of nitrogens with zero attached hydrogens (tertiary/aromatic N) is 3. The van der Waals surface area contributed by atoms with Gasteiger partial charge in [-0.3, -0.25) is 9.59 Å². The summed E-state index contributed by atoms with van der Waals surface area (Å²) in [6.45, 7) is 13.2. The fraction of sp³-hybridized carbons (Fsp3) is 0.500. The Bertz CT molecular complexity index is 1240. The molecule has 2 N–H and O–H groups in total. The minimum atomic E-state index is -0.181. The number of aromatic amines is 1. The van der Waals surface area contributed by atoms with Gasteiger partial charge in [-0.2, -0.15) is 0 Å². The largest absolute Gasteiger partial charge is 0.380 e. The van der Waals surface area contributed by atoms with Gasteiger partial charge in [0.05, 0.1) is 45.8 Å². The highest BCUT2D eigenvalue weighted by molar-refractivity contribution is 7.17. The van der Waals surface area contributed by atoms with Gasteiger partial charge in [0.15, 0.2) is 5.65 Å². The maximum Gasteiger partial charge on any atom is 0.264 e. The van der Waals surface area contributed by atoms with Crippen LogP contribution in [0.4, 0.5) is 0 Å². The number of nitrogens with one attached hydrogen (secondary N) is 2.